The fourth-order valence-corrected chi connectivity index (χ4v) is 3.31. The third kappa shape index (κ3) is 1.60. The van der Waals surface area contributed by atoms with Crippen molar-refractivity contribution in [3.8, 4) is 11.1 Å². The highest BCUT2D eigenvalue weighted by molar-refractivity contribution is 5.85. The van der Waals surface area contributed by atoms with E-state index < -0.39 is 0 Å². The molecule has 0 saturated heterocycles. The highest BCUT2D eigenvalue weighted by atomic mass is 14.3. The van der Waals surface area contributed by atoms with Crippen molar-refractivity contribution < 1.29 is 0 Å². The fraction of sp³-hybridized carbons (Fsp3) is 0.158. The molecule has 2 aliphatic rings. The molecule has 0 heterocycles. The summed E-state index contributed by atoms with van der Waals surface area (Å²) in [5.74, 6) is 0. The lowest BCUT2D eigenvalue weighted by Crippen LogP contribution is -1.90. The molecule has 0 fully saturated rings. The summed E-state index contributed by atoms with van der Waals surface area (Å²) in [6.45, 7) is 2.19. The van der Waals surface area contributed by atoms with E-state index in [4.69, 9.17) is 0 Å². The summed E-state index contributed by atoms with van der Waals surface area (Å²) in [5.41, 5.74) is 10.1. The van der Waals surface area contributed by atoms with Crippen LogP contribution in [0.25, 0.3) is 16.7 Å². The molecule has 0 amide bonds. The monoisotopic (exact) mass is 244 g/mol. The van der Waals surface area contributed by atoms with Crippen LogP contribution in [0.15, 0.2) is 60.2 Å². The minimum atomic E-state index is 1.08. The number of allylic oxidation sites excluding steroid dienone is 4. The maximum atomic E-state index is 2.33. The molecule has 0 bridgehead atoms. The third-order valence-electron chi connectivity index (χ3n) is 4.24. The molecule has 92 valence electrons. The second kappa shape index (κ2) is 3.96. The molecule has 0 heteroatoms. The van der Waals surface area contributed by atoms with E-state index in [0.717, 1.165) is 12.8 Å². The summed E-state index contributed by atoms with van der Waals surface area (Å²) in [6.07, 6.45) is 6.81. The second-order valence-electron chi connectivity index (χ2n) is 5.49. The first-order chi connectivity index (χ1) is 9.33. The zero-order valence-electron chi connectivity index (χ0n) is 11.1. The Labute approximate surface area is 114 Å². The smallest absolute Gasteiger partial charge is 0.000740 e. The summed E-state index contributed by atoms with van der Waals surface area (Å²) < 4.78 is 0. The molecule has 2 aromatic carbocycles. The number of rotatable bonds is 1. The SMILES string of the molecule is CC1=CCC(c2cccc3c2Cc2ccccc2-3)=C1. The van der Waals surface area contributed by atoms with Gasteiger partial charge in [0.05, 0.1) is 0 Å². The van der Waals surface area contributed by atoms with Gasteiger partial charge in [-0.1, -0.05) is 60.2 Å². The summed E-state index contributed by atoms with van der Waals surface area (Å²) >= 11 is 0. The van der Waals surface area contributed by atoms with Gasteiger partial charge in [0.1, 0.15) is 0 Å². The molecule has 0 N–H and O–H groups in total. The van der Waals surface area contributed by atoms with Crippen LogP contribution < -0.4 is 0 Å². The fourth-order valence-electron chi connectivity index (χ4n) is 3.31. The molecule has 0 aromatic heterocycles. The van der Waals surface area contributed by atoms with Gasteiger partial charge in [0, 0.05) is 0 Å². The second-order valence-corrected chi connectivity index (χ2v) is 5.49. The van der Waals surface area contributed by atoms with Crippen LogP contribution in [0.2, 0.25) is 0 Å². The van der Waals surface area contributed by atoms with E-state index in [2.05, 4.69) is 61.5 Å². The standard InChI is InChI=1S/C19H16/c1-13-9-10-15(11-13)17-7-4-8-18-16-6-3-2-5-14(16)12-19(17)18/h2-9,11H,10,12H2,1H3. The van der Waals surface area contributed by atoms with Crippen molar-refractivity contribution in [2.75, 3.05) is 0 Å². The Kier molecular flexibility index (Phi) is 2.25. The number of fused-ring (bicyclic) bond motifs is 3. The Balaban J connectivity index is 1.88. The summed E-state index contributed by atoms with van der Waals surface area (Å²) in [5, 5.41) is 0. The van der Waals surface area contributed by atoms with E-state index in [1.165, 1.54) is 39.0 Å². The van der Waals surface area contributed by atoms with Gasteiger partial charge in [0.15, 0.2) is 0 Å². The van der Waals surface area contributed by atoms with Crippen LogP contribution in [0.3, 0.4) is 0 Å². The van der Waals surface area contributed by atoms with Gasteiger partial charge in [0.25, 0.3) is 0 Å². The molecule has 0 atom stereocenters. The van der Waals surface area contributed by atoms with Crippen LogP contribution in [0, 0.1) is 0 Å². The molecule has 0 radical (unpaired) electrons. The molecule has 0 spiro atoms. The Morgan fingerprint density at radius 3 is 2.47 bits per heavy atom. The maximum absolute atomic E-state index is 2.33. The van der Waals surface area contributed by atoms with Gasteiger partial charge in [0.2, 0.25) is 0 Å². The first-order valence-corrected chi connectivity index (χ1v) is 6.91. The van der Waals surface area contributed by atoms with E-state index in [9.17, 15) is 0 Å². The van der Waals surface area contributed by atoms with Crippen molar-refractivity contribution >= 4 is 5.57 Å². The van der Waals surface area contributed by atoms with Crippen molar-refractivity contribution in [2.24, 2.45) is 0 Å². The van der Waals surface area contributed by atoms with Crippen LogP contribution in [-0.2, 0) is 6.42 Å². The van der Waals surface area contributed by atoms with E-state index in [1.807, 2.05) is 0 Å². The van der Waals surface area contributed by atoms with Crippen LogP contribution in [0.5, 0.6) is 0 Å². The summed E-state index contributed by atoms with van der Waals surface area (Å²) in [6, 6.07) is 15.5. The number of hydrogen-bond donors (Lipinski definition) is 0. The highest BCUT2D eigenvalue weighted by Crippen LogP contribution is 2.41. The molecule has 2 aromatic rings. The quantitative estimate of drug-likeness (QED) is 0.565. The molecule has 0 unspecified atom stereocenters. The Hall–Kier alpha value is -2.08. The van der Waals surface area contributed by atoms with Gasteiger partial charge < -0.3 is 0 Å². The van der Waals surface area contributed by atoms with Crippen LogP contribution in [-0.4, -0.2) is 0 Å². The largest absolute Gasteiger partial charge is 0.0772 e. The van der Waals surface area contributed by atoms with Crippen LogP contribution >= 0.6 is 0 Å². The molecule has 2 aliphatic carbocycles. The Bertz CT molecular complexity index is 729. The van der Waals surface area contributed by atoms with Gasteiger partial charge in [-0.25, -0.2) is 0 Å². The first kappa shape index (κ1) is 10.8. The molecule has 4 rings (SSSR count). The lowest BCUT2D eigenvalue weighted by atomic mass is 9.95. The average molecular weight is 244 g/mol. The minimum absolute atomic E-state index is 1.08. The first-order valence-electron chi connectivity index (χ1n) is 6.91. The van der Waals surface area contributed by atoms with Crippen molar-refractivity contribution in [3.05, 3.63) is 76.9 Å². The predicted octanol–water partition coefficient (Wildman–Crippen LogP) is 4.99. The van der Waals surface area contributed by atoms with Crippen molar-refractivity contribution in [1.82, 2.24) is 0 Å². The predicted molar refractivity (Wildman–Crippen MR) is 81.0 cm³/mol. The molecular formula is C19H16. The zero-order valence-corrected chi connectivity index (χ0v) is 11.1. The van der Waals surface area contributed by atoms with E-state index in [-0.39, 0.29) is 0 Å². The van der Waals surface area contributed by atoms with Gasteiger partial charge >= 0.3 is 0 Å². The molecule has 0 aliphatic heterocycles. The van der Waals surface area contributed by atoms with Crippen LogP contribution in [0.4, 0.5) is 0 Å². The molecule has 0 saturated carbocycles. The molecular weight excluding hydrogens is 228 g/mol. The topological polar surface area (TPSA) is 0 Å². The van der Waals surface area contributed by atoms with E-state index in [1.54, 1.807) is 0 Å². The summed E-state index contributed by atoms with van der Waals surface area (Å²) in [7, 11) is 0. The highest BCUT2D eigenvalue weighted by Gasteiger charge is 2.22. The van der Waals surface area contributed by atoms with Gasteiger partial charge in [-0.15, -0.1) is 0 Å². The van der Waals surface area contributed by atoms with Crippen molar-refractivity contribution in [3.63, 3.8) is 0 Å². The Morgan fingerprint density at radius 2 is 1.63 bits per heavy atom. The van der Waals surface area contributed by atoms with Gasteiger partial charge in [-0.3, -0.25) is 0 Å². The lowest BCUT2D eigenvalue weighted by Gasteiger charge is -2.09. The van der Waals surface area contributed by atoms with E-state index in [0.29, 0.717) is 0 Å². The maximum Gasteiger partial charge on any atom is -0.000740 e. The Morgan fingerprint density at radius 1 is 0.842 bits per heavy atom. The lowest BCUT2D eigenvalue weighted by molar-refractivity contribution is 1.24. The number of benzene rings is 2. The van der Waals surface area contributed by atoms with Gasteiger partial charge in [-0.2, -0.15) is 0 Å². The molecule has 0 nitrogen and oxygen atoms in total. The average Bonchev–Trinajstić information content (AvgIpc) is 3.02. The number of hydrogen-bond acceptors (Lipinski definition) is 0. The normalized spacial score (nSPS) is 15.8. The van der Waals surface area contributed by atoms with Crippen LogP contribution in [0.1, 0.15) is 30.0 Å². The van der Waals surface area contributed by atoms with Gasteiger partial charge in [-0.05, 0) is 53.2 Å². The van der Waals surface area contributed by atoms with Crippen molar-refractivity contribution in [2.45, 2.75) is 19.8 Å². The molecule has 19 heavy (non-hydrogen) atoms. The van der Waals surface area contributed by atoms with E-state index >= 15 is 0 Å². The third-order valence-corrected chi connectivity index (χ3v) is 4.24. The van der Waals surface area contributed by atoms with Crippen molar-refractivity contribution in [1.29, 1.82) is 0 Å². The zero-order chi connectivity index (χ0) is 12.8. The summed E-state index contributed by atoms with van der Waals surface area (Å²) in [4.78, 5) is 0. The minimum Gasteiger partial charge on any atom is -0.0772 e.